The number of nitrogens with zero attached hydrogens (tertiary/aromatic N) is 1. The average Bonchev–Trinajstić information content (AvgIpc) is 2.96. The summed E-state index contributed by atoms with van der Waals surface area (Å²) in [5.41, 5.74) is -0.230. The van der Waals surface area contributed by atoms with Crippen molar-refractivity contribution in [2.75, 3.05) is 13.1 Å². The Hall–Kier alpha value is -1.26. The number of urea groups is 1. The van der Waals surface area contributed by atoms with Crippen LogP contribution in [0, 0.1) is 5.92 Å². The molecule has 1 aliphatic carbocycles. The Labute approximate surface area is 108 Å². The molecule has 5 nitrogen and oxygen atoms in total. The van der Waals surface area contributed by atoms with E-state index in [4.69, 9.17) is 0 Å². The third-order valence-electron chi connectivity index (χ3n) is 3.25. The fourth-order valence-corrected chi connectivity index (χ4v) is 2.23. The largest absolute Gasteiger partial charge is 0.340 e. The van der Waals surface area contributed by atoms with Gasteiger partial charge in [0.1, 0.15) is 0 Å². The van der Waals surface area contributed by atoms with Gasteiger partial charge in [0.05, 0.1) is 0 Å². The van der Waals surface area contributed by atoms with Crippen molar-refractivity contribution >= 4 is 11.9 Å². The molecule has 0 unspecified atom stereocenters. The van der Waals surface area contributed by atoms with E-state index in [-0.39, 0.29) is 29.4 Å². The molecular weight excluding hydrogens is 230 g/mol. The van der Waals surface area contributed by atoms with Gasteiger partial charge in [0.15, 0.2) is 0 Å². The molecule has 102 valence electrons. The Morgan fingerprint density at radius 2 is 1.83 bits per heavy atom. The fourth-order valence-electron chi connectivity index (χ4n) is 2.23. The first-order valence-corrected chi connectivity index (χ1v) is 6.72. The van der Waals surface area contributed by atoms with Crippen LogP contribution in [0.4, 0.5) is 4.79 Å². The summed E-state index contributed by atoms with van der Waals surface area (Å²) < 4.78 is 0. The van der Waals surface area contributed by atoms with E-state index in [2.05, 4.69) is 10.6 Å². The van der Waals surface area contributed by atoms with Crippen LogP contribution in [-0.4, -0.2) is 41.5 Å². The summed E-state index contributed by atoms with van der Waals surface area (Å²) >= 11 is 0. The molecule has 0 aromatic carbocycles. The molecule has 0 aromatic heterocycles. The molecule has 18 heavy (non-hydrogen) atoms. The Bertz CT molecular complexity index is 345. The van der Waals surface area contributed by atoms with Crippen molar-refractivity contribution in [2.45, 2.75) is 51.6 Å². The maximum absolute atomic E-state index is 11.9. The lowest BCUT2D eigenvalue weighted by molar-refractivity contribution is -0.131. The van der Waals surface area contributed by atoms with Crippen LogP contribution in [0.15, 0.2) is 0 Å². The van der Waals surface area contributed by atoms with Crippen molar-refractivity contribution in [1.82, 2.24) is 15.5 Å². The van der Waals surface area contributed by atoms with Gasteiger partial charge in [0.25, 0.3) is 0 Å². The molecule has 1 aliphatic heterocycles. The first-order chi connectivity index (χ1) is 8.35. The quantitative estimate of drug-likeness (QED) is 0.774. The number of nitrogens with one attached hydrogen (secondary N) is 2. The van der Waals surface area contributed by atoms with Crippen molar-refractivity contribution < 1.29 is 9.59 Å². The van der Waals surface area contributed by atoms with Gasteiger partial charge in [-0.25, -0.2) is 4.79 Å². The van der Waals surface area contributed by atoms with Crippen LogP contribution in [0.1, 0.15) is 40.0 Å². The molecule has 2 rings (SSSR count). The Morgan fingerprint density at radius 3 is 2.39 bits per heavy atom. The molecule has 1 saturated carbocycles. The third kappa shape index (κ3) is 3.62. The predicted molar refractivity (Wildman–Crippen MR) is 69.1 cm³/mol. The number of carbonyl (C=O) groups is 2. The highest BCUT2D eigenvalue weighted by Gasteiger charge is 2.36. The normalized spacial score (nSPS) is 23.9. The fraction of sp³-hybridized carbons (Fsp3) is 0.846. The molecule has 1 saturated heterocycles. The molecule has 1 atom stereocenters. The van der Waals surface area contributed by atoms with E-state index in [1.165, 1.54) is 0 Å². The summed E-state index contributed by atoms with van der Waals surface area (Å²) in [6.07, 6.45) is 2.94. The van der Waals surface area contributed by atoms with Crippen LogP contribution in [0.3, 0.4) is 0 Å². The Balaban J connectivity index is 1.75. The summed E-state index contributed by atoms with van der Waals surface area (Å²) in [6, 6.07) is -0.0525. The maximum Gasteiger partial charge on any atom is 0.315 e. The minimum absolute atomic E-state index is 0.0926. The first-order valence-electron chi connectivity index (χ1n) is 6.72. The molecule has 0 bridgehead atoms. The summed E-state index contributed by atoms with van der Waals surface area (Å²) in [5.74, 6) is 0.544. The zero-order valence-corrected chi connectivity index (χ0v) is 11.5. The minimum Gasteiger partial charge on any atom is -0.340 e. The van der Waals surface area contributed by atoms with Crippen molar-refractivity contribution in [3.05, 3.63) is 0 Å². The molecule has 1 heterocycles. The Kier molecular flexibility index (Phi) is 3.50. The number of likely N-dealkylation sites (tertiary alicyclic amines) is 1. The lowest BCUT2D eigenvalue weighted by atomic mass is 10.1. The second-order valence-corrected chi connectivity index (χ2v) is 6.39. The molecule has 0 spiro atoms. The van der Waals surface area contributed by atoms with Crippen LogP contribution in [-0.2, 0) is 4.79 Å². The van der Waals surface area contributed by atoms with E-state index in [0.717, 1.165) is 25.8 Å². The molecule has 0 radical (unpaired) electrons. The lowest BCUT2D eigenvalue weighted by Crippen LogP contribution is -2.50. The number of hydrogen-bond acceptors (Lipinski definition) is 2. The second kappa shape index (κ2) is 4.78. The average molecular weight is 253 g/mol. The van der Waals surface area contributed by atoms with E-state index >= 15 is 0 Å². The number of amides is 3. The Morgan fingerprint density at radius 1 is 1.17 bits per heavy atom. The number of carbonyl (C=O) groups excluding carboxylic acids is 2. The molecule has 5 heteroatoms. The number of hydrogen-bond donors (Lipinski definition) is 2. The van der Waals surface area contributed by atoms with Gasteiger partial charge in [0, 0.05) is 30.6 Å². The molecular formula is C13H23N3O2. The van der Waals surface area contributed by atoms with Gasteiger partial charge >= 0.3 is 6.03 Å². The van der Waals surface area contributed by atoms with Crippen molar-refractivity contribution in [2.24, 2.45) is 5.92 Å². The van der Waals surface area contributed by atoms with Gasteiger partial charge in [-0.15, -0.1) is 0 Å². The van der Waals surface area contributed by atoms with Gasteiger partial charge in [-0.1, -0.05) is 0 Å². The van der Waals surface area contributed by atoms with E-state index in [0.29, 0.717) is 6.54 Å². The van der Waals surface area contributed by atoms with Gasteiger partial charge in [-0.2, -0.15) is 0 Å². The van der Waals surface area contributed by atoms with E-state index in [9.17, 15) is 9.59 Å². The van der Waals surface area contributed by atoms with Crippen molar-refractivity contribution in [3.63, 3.8) is 0 Å². The standard InChI is InChI=1S/C13H23N3O2/c1-13(2,3)15-12(18)14-10-6-7-16(8-10)11(17)9-4-5-9/h9-10H,4-8H2,1-3H3,(H2,14,15,18)/t10-/m0/s1. The summed E-state index contributed by atoms with van der Waals surface area (Å²) in [6.45, 7) is 7.28. The second-order valence-electron chi connectivity index (χ2n) is 6.39. The van der Waals surface area contributed by atoms with E-state index in [1.807, 2.05) is 25.7 Å². The summed E-state index contributed by atoms with van der Waals surface area (Å²) in [4.78, 5) is 25.5. The SMILES string of the molecule is CC(C)(C)NC(=O)N[C@H]1CCN(C(=O)C2CC2)C1. The molecule has 0 aromatic rings. The highest BCUT2D eigenvalue weighted by molar-refractivity contribution is 5.81. The molecule has 3 amide bonds. The van der Waals surface area contributed by atoms with Crippen molar-refractivity contribution in [1.29, 1.82) is 0 Å². The van der Waals surface area contributed by atoms with Crippen LogP contribution in [0.25, 0.3) is 0 Å². The predicted octanol–water partition coefficient (Wildman–Crippen LogP) is 1.09. The molecule has 2 N–H and O–H groups in total. The molecule has 2 fully saturated rings. The zero-order chi connectivity index (χ0) is 13.3. The van der Waals surface area contributed by atoms with Gasteiger partial charge < -0.3 is 15.5 Å². The summed E-state index contributed by atoms with van der Waals surface area (Å²) in [7, 11) is 0. The highest BCUT2D eigenvalue weighted by atomic mass is 16.2. The highest BCUT2D eigenvalue weighted by Crippen LogP contribution is 2.32. The first kappa shape index (κ1) is 13.2. The van der Waals surface area contributed by atoms with E-state index in [1.54, 1.807) is 0 Å². The van der Waals surface area contributed by atoms with Crippen molar-refractivity contribution in [3.8, 4) is 0 Å². The van der Waals surface area contributed by atoms with Crippen LogP contribution < -0.4 is 10.6 Å². The number of rotatable bonds is 2. The van der Waals surface area contributed by atoms with Gasteiger partial charge in [-0.05, 0) is 40.0 Å². The molecule has 2 aliphatic rings. The monoisotopic (exact) mass is 253 g/mol. The van der Waals surface area contributed by atoms with Gasteiger partial charge in [-0.3, -0.25) is 4.79 Å². The topological polar surface area (TPSA) is 61.4 Å². The minimum atomic E-state index is -0.230. The lowest BCUT2D eigenvalue weighted by Gasteiger charge is -2.23. The van der Waals surface area contributed by atoms with Crippen LogP contribution in [0.2, 0.25) is 0 Å². The smallest absolute Gasteiger partial charge is 0.315 e. The van der Waals surface area contributed by atoms with Crippen LogP contribution >= 0.6 is 0 Å². The summed E-state index contributed by atoms with van der Waals surface area (Å²) in [5, 5.41) is 5.81. The van der Waals surface area contributed by atoms with Crippen LogP contribution in [0.5, 0.6) is 0 Å². The maximum atomic E-state index is 11.9. The zero-order valence-electron chi connectivity index (χ0n) is 11.5. The third-order valence-corrected chi connectivity index (χ3v) is 3.25. The van der Waals surface area contributed by atoms with E-state index < -0.39 is 0 Å². The van der Waals surface area contributed by atoms with Gasteiger partial charge in [0.2, 0.25) is 5.91 Å².